The molecule has 3 nitrogen and oxygen atoms in total. The summed E-state index contributed by atoms with van der Waals surface area (Å²) in [5.41, 5.74) is 0.802. The first-order chi connectivity index (χ1) is 8.72. The Morgan fingerprint density at radius 3 is 2.94 bits per heavy atom. The van der Waals surface area contributed by atoms with E-state index in [0.717, 1.165) is 22.1 Å². The maximum Gasteiger partial charge on any atom is 0.147 e. The zero-order valence-corrected chi connectivity index (χ0v) is 11.1. The molecule has 0 amide bonds. The highest BCUT2D eigenvalue weighted by molar-refractivity contribution is 7.14. The Balaban J connectivity index is 1.76. The van der Waals surface area contributed by atoms with Crippen LogP contribution < -0.4 is 5.32 Å². The predicted molar refractivity (Wildman–Crippen MR) is 70.2 cm³/mol. The zero-order valence-electron chi connectivity index (χ0n) is 9.49. The molecule has 3 rings (SSSR count). The highest BCUT2D eigenvalue weighted by Crippen LogP contribution is 2.27. The van der Waals surface area contributed by atoms with Gasteiger partial charge in [-0.25, -0.2) is 4.39 Å². The molecule has 1 heterocycles. The lowest BCUT2D eigenvalue weighted by atomic mass is 10.2. The van der Waals surface area contributed by atoms with Gasteiger partial charge in [0.1, 0.15) is 15.8 Å². The van der Waals surface area contributed by atoms with Crippen LogP contribution in [0.15, 0.2) is 18.2 Å². The molecule has 0 spiro atoms. The number of benzene rings is 1. The molecular formula is C12H11ClFN3S. The molecule has 1 aromatic carbocycles. The topological polar surface area (TPSA) is 37.8 Å². The minimum atomic E-state index is -0.416. The Labute approximate surface area is 113 Å². The van der Waals surface area contributed by atoms with Crippen LogP contribution in [0.5, 0.6) is 0 Å². The normalized spacial score (nSPS) is 15.0. The van der Waals surface area contributed by atoms with E-state index in [4.69, 9.17) is 11.6 Å². The Morgan fingerprint density at radius 1 is 1.39 bits per heavy atom. The van der Waals surface area contributed by atoms with E-state index < -0.39 is 5.82 Å². The van der Waals surface area contributed by atoms with Crippen LogP contribution in [0.25, 0.3) is 10.6 Å². The van der Waals surface area contributed by atoms with E-state index in [1.807, 2.05) is 0 Å². The van der Waals surface area contributed by atoms with Gasteiger partial charge in [0, 0.05) is 18.2 Å². The highest BCUT2D eigenvalue weighted by Gasteiger charge is 2.20. The van der Waals surface area contributed by atoms with Gasteiger partial charge in [-0.15, -0.1) is 10.2 Å². The third-order valence-electron chi connectivity index (χ3n) is 2.75. The van der Waals surface area contributed by atoms with Crippen molar-refractivity contribution in [1.82, 2.24) is 15.5 Å². The minimum Gasteiger partial charge on any atom is -0.308 e. The molecule has 6 heteroatoms. The molecule has 94 valence electrons. The van der Waals surface area contributed by atoms with Crippen LogP contribution in [0.2, 0.25) is 5.02 Å². The number of aromatic nitrogens is 2. The second kappa shape index (κ2) is 4.91. The first-order valence-corrected chi connectivity index (χ1v) is 6.93. The molecule has 1 fully saturated rings. The molecule has 1 aromatic heterocycles. The first-order valence-electron chi connectivity index (χ1n) is 5.73. The van der Waals surface area contributed by atoms with E-state index in [-0.39, 0.29) is 5.02 Å². The van der Waals surface area contributed by atoms with Crippen molar-refractivity contribution in [2.75, 3.05) is 0 Å². The van der Waals surface area contributed by atoms with Crippen molar-refractivity contribution in [1.29, 1.82) is 0 Å². The van der Waals surface area contributed by atoms with Crippen LogP contribution >= 0.6 is 22.9 Å². The molecule has 1 saturated carbocycles. The van der Waals surface area contributed by atoms with Crippen molar-refractivity contribution in [3.63, 3.8) is 0 Å². The van der Waals surface area contributed by atoms with Gasteiger partial charge >= 0.3 is 0 Å². The molecule has 1 aliphatic carbocycles. The maximum atomic E-state index is 13.1. The van der Waals surface area contributed by atoms with E-state index >= 15 is 0 Å². The molecule has 2 aromatic rings. The van der Waals surface area contributed by atoms with Crippen LogP contribution in [0.4, 0.5) is 4.39 Å². The lowest BCUT2D eigenvalue weighted by Gasteiger charge is -1.97. The van der Waals surface area contributed by atoms with Crippen molar-refractivity contribution in [2.24, 2.45) is 0 Å². The average Bonchev–Trinajstić information content (AvgIpc) is 3.08. The van der Waals surface area contributed by atoms with Crippen molar-refractivity contribution in [2.45, 2.75) is 25.4 Å². The second-order valence-corrected chi connectivity index (χ2v) is 5.75. The fourth-order valence-corrected chi connectivity index (χ4v) is 2.56. The summed E-state index contributed by atoms with van der Waals surface area (Å²) in [5, 5.41) is 13.4. The average molecular weight is 284 g/mol. The molecule has 1 N–H and O–H groups in total. The van der Waals surface area contributed by atoms with Crippen LogP contribution in [-0.2, 0) is 6.54 Å². The summed E-state index contributed by atoms with van der Waals surface area (Å²) < 4.78 is 13.1. The van der Waals surface area contributed by atoms with E-state index in [1.165, 1.54) is 30.2 Å². The fraction of sp³-hybridized carbons (Fsp3) is 0.333. The van der Waals surface area contributed by atoms with Gasteiger partial charge in [-0.05, 0) is 31.0 Å². The van der Waals surface area contributed by atoms with Crippen molar-refractivity contribution in [3.8, 4) is 10.6 Å². The van der Waals surface area contributed by atoms with E-state index in [2.05, 4.69) is 15.5 Å². The van der Waals surface area contributed by atoms with E-state index in [9.17, 15) is 4.39 Å². The van der Waals surface area contributed by atoms with Crippen molar-refractivity contribution >= 4 is 22.9 Å². The Hall–Kier alpha value is -1.04. The molecule has 0 aliphatic heterocycles. The summed E-state index contributed by atoms with van der Waals surface area (Å²) in [6.45, 7) is 0.747. The number of halogens is 2. The third-order valence-corrected chi connectivity index (χ3v) is 4.01. The number of nitrogens with one attached hydrogen (secondary N) is 1. The largest absolute Gasteiger partial charge is 0.308 e. The van der Waals surface area contributed by atoms with E-state index in [1.54, 1.807) is 12.1 Å². The molecular weight excluding hydrogens is 273 g/mol. The first kappa shape index (κ1) is 12.0. The van der Waals surface area contributed by atoms with Gasteiger partial charge in [0.25, 0.3) is 0 Å². The molecule has 1 aliphatic rings. The Morgan fingerprint density at radius 2 is 2.22 bits per heavy atom. The van der Waals surface area contributed by atoms with Crippen LogP contribution in [0.3, 0.4) is 0 Å². The molecule has 0 atom stereocenters. The fourth-order valence-electron chi connectivity index (χ4n) is 1.59. The number of hydrogen-bond donors (Lipinski definition) is 1. The molecule has 0 saturated heterocycles. The lowest BCUT2D eigenvalue weighted by molar-refractivity contribution is 0.628. The smallest absolute Gasteiger partial charge is 0.147 e. The van der Waals surface area contributed by atoms with Crippen molar-refractivity contribution in [3.05, 3.63) is 34.0 Å². The molecule has 0 unspecified atom stereocenters. The highest BCUT2D eigenvalue weighted by atomic mass is 35.5. The number of rotatable bonds is 4. The van der Waals surface area contributed by atoms with Crippen LogP contribution in [0, 0.1) is 5.82 Å². The number of hydrogen-bond acceptors (Lipinski definition) is 4. The number of nitrogens with zero attached hydrogens (tertiary/aromatic N) is 2. The minimum absolute atomic E-state index is 0.111. The van der Waals surface area contributed by atoms with Gasteiger partial charge in [-0.3, -0.25) is 0 Å². The third kappa shape index (κ3) is 2.68. The van der Waals surface area contributed by atoms with Gasteiger partial charge in [-0.1, -0.05) is 22.9 Å². The van der Waals surface area contributed by atoms with E-state index in [0.29, 0.717) is 6.04 Å². The Bertz CT molecular complexity index is 568. The Kier molecular flexibility index (Phi) is 3.28. The SMILES string of the molecule is Fc1ccc(-c2nnc(CNC3CC3)s2)cc1Cl. The summed E-state index contributed by atoms with van der Waals surface area (Å²) in [5.74, 6) is -0.416. The summed E-state index contributed by atoms with van der Waals surface area (Å²) in [4.78, 5) is 0. The summed E-state index contributed by atoms with van der Waals surface area (Å²) in [6, 6.07) is 5.24. The predicted octanol–water partition coefficient (Wildman–Crippen LogP) is 3.25. The van der Waals surface area contributed by atoms with Crippen LogP contribution in [0.1, 0.15) is 17.8 Å². The molecule has 0 bridgehead atoms. The summed E-state index contributed by atoms with van der Waals surface area (Å²) >= 11 is 7.26. The standard InChI is InChI=1S/C12H11ClFN3S/c13-9-5-7(1-4-10(9)14)12-17-16-11(18-12)6-15-8-2-3-8/h1,4-5,8,15H,2-3,6H2. The second-order valence-electron chi connectivity index (χ2n) is 4.29. The van der Waals surface area contributed by atoms with Gasteiger partial charge in [0.15, 0.2) is 0 Å². The van der Waals surface area contributed by atoms with Gasteiger partial charge in [0.05, 0.1) is 5.02 Å². The van der Waals surface area contributed by atoms with Crippen LogP contribution in [-0.4, -0.2) is 16.2 Å². The lowest BCUT2D eigenvalue weighted by Crippen LogP contribution is -2.14. The van der Waals surface area contributed by atoms with Gasteiger partial charge < -0.3 is 5.32 Å². The van der Waals surface area contributed by atoms with Gasteiger partial charge in [-0.2, -0.15) is 0 Å². The monoisotopic (exact) mass is 283 g/mol. The van der Waals surface area contributed by atoms with Gasteiger partial charge in [0.2, 0.25) is 0 Å². The summed E-state index contributed by atoms with van der Waals surface area (Å²) in [6.07, 6.45) is 2.50. The van der Waals surface area contributed by atoms with Crippen molar-refractivity contribution < 1.29 is 4.39 Å². The summed E-state index contributed by atoms with van der Waals surface area (Å²) in [7, 11) is 0. The molecule has 0 radical (unpaired) electrons. The maximum absolute atomic E-state index is 13.1. The molecule has 18 heavy (non-hydrogen) atoms. The quantitative estimate of drug-likeness (QED) is 0.936. The zero-order chi connectivity index (χ0) is 12.5.